The monoisotopic (exact) mass is 278 g/mol. The highest BCUT2D eigenvalue weighted by atomic mass is 19.1. The van der Waals surface area contributed by atoms with Crippen molar-refractivity contribution in [3.8, 4) is 0 Å². The Morgan fingerprint density at radius 3 is 2.65 bits per heavy atom. The minimum atomic E-state index is -0.226. The Morgan fingerprint density at radius 1 is 1.35 bits per heavy atom. The molecule has 1 saturated heterocycles. The quantitative estimate of drug-likeness (QED) is 0.867. The Bertz CT molecular complexity index is 427. The minimum absolute atomic E-state index is 0.0784. The zero-order valence-electron chi connectivity index (χ0n) is 12.0. The van der Waals surface area contributed by atoms with E-state index in [-0.39, 0.29) is 17.8 Å². The molecule has 1 amide bonds. The fraction of sp³-hybridized carbons (Fsp3) is 0.562. The van der Waals surface area contributed by atoms with E-state index in [1.807, 2.05) is 6.92 Å². The maximum absolute atomic E-state index is 12.8. The van der Waals surface area contributed by atoms with Crippen LogP contribution >= 0.6 is 0 Å². The number of carbonyl (C=O) groups excluding carboxylic acids is 1. The SMILES string of the molecule is CC(Cc1ccc(F)cc1)NC(=O)CC1CCNCC1. The second-order valence-corrected chi connectivity index (χ2v) is 5.70. The summed E-state index contributed by atoms with van der Waals surface area (Å²) in [6, 6.07) is 6.53. The first-order chi connectivity index (χ1) is 9.63. The van der Waals surface area contributed by atoms with E-state index in [2.05, 4.69) is 10.6 Å². The van der Waals surface area contributed by atoms with Crippen molar-refractivity contribution in [2.75, 3.05) is 13.1 Å². The topological polar surface area (TPSA) is 41.1 Å². The number of nitrogens with one attached hydrogen (secondary N) is 2. The van der Waals surface area contributed by atoms with E-state index >= 15 is 0 Å². The van der Waals surface area contributed by atoms with Crippen LogP contribution < -0.4 is 10.6 Å². The molecule has 0 bridgehead atoms. The first-order valence-electron chi connectivity index (χ1n) is 7.38. The minimum Gasteiger partial charge on any atom is -0.353 e. The normalized spacial score (nSPS) is 17.7. The van der Waals surface area contributed by atoms with Gasteiger partial charge in [0.25, 0.3) is 0 Å². The van der Waals surface area contributed by atoms with Gasteiger partial charge < -0.3 is 10.6 Å². The highest BCUT2D eigenvalue weighted by Crippen LogP contribution is 2.15. The summed E-state index contributed by atoms with van der Waals surface area (Å²) in [7, 11) is 0. The lowest BCUT2D eigenvalue weighted by molar-refractivity contribution is -0.122. The maximum Gasteiger partial charge on any atom is 0.220 e. The van der Waals surface area contributed by atoms with E-state index < -0.39 is 0 Å². The van der Waals surface area contributed by atoms with Crippen molar-refractivity contribution in [2.24, 2.45) is 5.92 Å². The zero-order chi connectivity index (χ0) is 14.4. The molecule has 1 aliphatic rings. The molecule has 1 atom stereocenters. The van der Waals surface area contributed by atoms with Gasteiger partial charge in [0.2, 0.25) is 5.91 Å². The zero-order valence-corrected chi connectivity index (χ0v) is 12.0. The summed E-state index contributed by atoms with van der Waals surface area (Å²) in [6.45, 7) is 4.02. The largest absolute Gasteiger partial charge is 0.353 e. The second-order valence-electron chi connectivity index (χ2n) is 5.70. The molecule has 0 saturated carbocycles. The molecular weight excluding hydrogens is 255 g/mol. The average Bonchev–Trinajstić information content (AvgIpc) is 2.42. The summed E-state index contributed by atoms with van der Waals surface area (Å²) in [4.78, 5) is 12.0. The summed E-state index contributed by atoms with van der Waals surface area (Å²) in [5.41, 5.74) is 1.04. The van der Waals surface area contributed by atoms with Crippen LogP contribution in [0.3, 0.4) is 0 Å². The highest BCUT2D eigenvalue weighted by molar-refractivity contribution is 5.76. The fourth-order valence-corrected chi connectivity index (χ4v) is 2.71. The number of halogens is 1. The van der Waals surface area contributed by atoms with Crippen LogP contribution in [-0.2, 0) is 11.2 Å². The Kier molecular flexibility index (Phi) is 5.53. The van der Waals surface area contributed by atoms with Crippen LogP contribution in [0.2, 0.25) is 0 Å². The van der Waals surface area contributed by atoms with Gasteiger partial charge in [0, 0.05) is 12.5 Å². The second kappa shape index (κ2) is 7.39. The van der Waals surface area contributed by atoms with Crippen molar-refractivity contribution in [3.63, 3.8) is 0 Å². The molecule has 2 rings (SSSR count). The smallest absolute Gasteiger partial charge is 0.220 e. The first kappa shape index (κ1) is 15.0. The van der Waals surface area contributed by atoms with Gasteiger partial charge in [-0.15, -0.1) is 0 Å². The van der Waals surface area contributed by atoms with Crippen molar-refractivity contribution in [1.29, 1.82) is 0 Å². The third-order valence-corrected chi connectivity index (χ3v) is 3.80. The molecule has 1 aromatic rings. The van der Waals surface area contributed by atoms with Crippen molar-refractivity contribution >= 4 is 5.91 Å². The first-order valence-corrected chi connectivity index (χ1v) is 7.38. The van der Waals surface area contributed by atoms with Gasteiger partial charge in [0.1, 0.15) is 5.82 Å². The van der Waals surface area contributed by atoms with Gasteiger partial charge >= 0.3 is 0 Å². The molecule has 110 valence electrons. The van der Waals surface area contributed by atoms with Crippen molar-refractivity contribution in [3.05, 3.63) is 35.6 Å². The molecule has 1 aromatic carbocycles. The van der Waals surface area contributed by atoms with Gasteiger partial charge in [-0.3, -0.25) is 4.79 Å². The van der Waals surface area contributed by atoms with Crippen molar-refractivity contribution in [2.45, 2.75) is 38.6 Å². The van der Waals surface area contributed by atoms with Crippen molar-refractivity contribution < 1.29 is 9.18 Å². The molecule has 1 aliphatic heterocycles. The highest BCUT2D eigenvalue weighted by Gasteiger charge is 2.17. The number of carbonyl (C=O) groups is 1. The number of hydrogen-bond donors (Lipinski definition) is 2. The summed E-state index contributed by atoms with van der Waals surface area (Å²) in [5, 5.41) is 6.34. The summed E-state index contributed by atoms with van der Waals surface area (Å²) in [6.07, 6.45) is 3.52. The van der Waals surface area contributed by atoms with Gasteiger partial charge in [-0.1, -0.05) is 12.1 Å². The Morgan fingerprint density at radius 2 is 2.00 bits per heavy atom. The van der Waals surface area contributed by atoms with E-state index in [0.717, 1.165) is 37.9 Å². The number of hydrogen-bond acceptors (Lipinski definition) is 2. The summed E-state index contributed by atoms with van der Waals surface area (Å²) >= 11 is 0. The molecule has 3 nitrogen and oxygen atoms in total. The van der Waals surface area contributed by atoms with Gasteiger partial charge in [0.15, 0.2) is 0 Å². The van der Waals surface area contributed by atoms with E-state index in [0.29, 0.717) is 12.3 Å². The standard InChI is InChI=1S/C16H23FN2O/c1-12(10-13-2-4-15(17)5-3-13)19-16(20)11-14-6-8-18-9-7-14/h2-5,12,14,18H,6-11H2,1H3,(H,19,20). The van der Waals surface area contributed by atoms with Crippen molar-refractivity contribution in [1.82, 2.24) is 10.6 Å². The Labute approximate surface area is 120 Å². The van der Waals surface area contributed by atoms with E-state index in [4.69, 9.17) is 0 Å². The number of amides is 1. The van der Waals surface area contributed by atoms with Crippen LogP contribution in [0.15, 0.2) is 24.3 Å². The lowest BCUT2D eigenvalue weighted by Gasteiger charge is -2.23. The molecule has 1 unspecified atom stereocenters. The molecule has 0 aromatic heterocycles. The molecular formula is C16H23FN2O. The lowest BCUT2D eigenvalue weighted by Crippen LogP contribution is -2.37. The van der Waals surface area contributed by atoms with E-state index in [1.54, 1.807) is 12.1 Å². The van der Waals surface area contributed by atoms with E-state index in [9.17, 15) is 9.18 Å². The average molecular weight is 278 g/mol. The van der Waals surface area contributed by atoms with Crippen LogP contribution in [0, 0.1) is 11.7 Å². The van der Waals surface area contributed by atoms with Gasteiger partial charge in [-0.25, -0.2) is 4.39 Å². The predicted octanol–water partition coefficient (Wildman–Crippen LogP) is 2.26. The predicted molar refractivity (Wildman–Crippen MR) is 77.9 cm³/mol. The third-order valence-electron chi connectivity index (χ3n) is 3.80. The van der Waals surface area contributed by atoms with Gasteiger partial charge in [-0.2, -0.15) is 0 Å². The van der Waals surface area contributed by atoms with E-state index in [1.165, 1.54) is 12.1 Å². The maximum atomic E-state index is 12.8. The van der Waals surface area contributed by atoms with Crippen LogP contribution in [0.4, 0.5) is 4.39 Å². The summed E-state index contributed by atoms with van der Waals surface area (Å²) in [5.74, 6) is 0.414. The lowest BCUT2D eigenvalue weighted by atomic mass is 9.94. The van der Waals surface area contributed by atoms with Crippen LogP contribution in [0.1, 0.15) is 31.7 Å². The van der Waals surface area contributed by atoms with Crippen LogP contribution in [0.25, 0.3) is 0 Å². The third kappa shape index (κ3) is 4.93. The number of benzene rings is 1. The van der Waals surface area contributed by atoms with Crippen LogP contribution in [-0.4, -0.2) is 25.0 Å². The van der Waals surface area contributed by atoms with Gasteiger partial charge in [-0.05, 0) is 62.9 Å². The Hall–Kier alpha value is -1.42. The molecule has 4 heteroatoms. The van der Waals surface area contributed by atoms with Gasteiger partial charge in [0.05, 0.1) is 0 Å². The molecule has 2 N–H and O–H groups in total. The number of piperidine rings is 1. The Balaban J connectivity index is 1.74. The fourth-order valence-electron chi connectivity index (χ4n) is 2.71. The molecule has 20 heavy (non-hydrogen) atoms. The molecule has 0 radical (unpaired) electrons. The molecule has 1 fully saturated rings. The van der Waals surface area contributed by atoms with Crippen LogP contribution in [0.5, 0.6) is 0 Å². The molecule has 1 heterocycles. The summed E-state index contributed by atoms with van der Waals surface area (Å²) < 4.78 is 12.8. The molecule has 0 aliphatic carbocycles. The molecule has 0 spiro atoms. The number of rotatable bonds is 5.